The van der Waals surface area contributed by atoms with Crippen LogP contribution in [0.2, 0.25) is 5.02 Å². The van der Waals surface area contributed by atoms with Crippen LogP contribution in [-0.4, -0.2) is 27.2 Å². The first-order valence-electron chi connectivity index (χ1n) is 7.36. The molecule has 0 spiro atoms. The van der Waals surface area contributed by atoms with E-state index in [1.165, 1.54) is 24.4 Å². The van der Waals surface area contributed by atoms with Crippen molar-refractivity contribution in [1.29, 1.82) is 0 Å². The lowest BCUT2D eigenvalue weighted by Crippen LogP contribution is -2.19. The van der Waals surface area contributed by atoms with Crippen LogP contribution >= 0.6 is 22.9 Å². The van der Waals surface area contributed by atoms with Gasteiger partial charge in [-0.25, -0.2) is 5.43 Å². The quantitative estimate of drug-likeness (QED) is 0.363. The van der Waals surface area contributed by atoms with Gasteiger partial charge in [0.2, 0.25) is 11.0 Å². The molecule has 0 atom stereocenters. The number of hydrogen-bond donors (Lipinski definition) is 2. The van der Waals surface area contributed by atoms with Crippen LogP contribution in [0, 0.1) is 10.1 Å². The van der Waals surface area contributed by atoms with Crippen molar-refractivity contribution in [2.24, 2.45) is 5.10 Å². The third-order valence-corrected chi connectivity index (χ3v) is 4.30. The first-order chi connectivity index (χ1) is 12.9. The highest BCUT2D eigenvalue weighted by molar-refractivity contribution is 7.15. The summed E-state index contributed by atoms with van der Waals surface area (Å²) in [4.78, 5) is 22.0. The topological polar surface area (TPSA) is 150 Å². The molecular formula is C15H11ClN6O4S. The molecule has 0 saturated heterocycles. The number of rotatable bonds is 6. The van der Waals surface area contributed by atoms with E-state index in [0.717, 1.165) is 11.3 Å². The Hall–Kier alpha value is -3.31. The largest absolute Gasteiger partial charge is 0.455 e. The minimum absolute atomic E-state index is 0.00795. The molecular weight excluding hydrogens is 396 g/mol. The van der Waals surface area contributed by atoms with Crippen LogP contribution in [0.5, 0.6) is 0 Å². The average Bonchev–Trinajstić information content (AvgIpc) is 3.24. The minimum atomic E-state index is -0.533. The van der Waals surface area contributed by atoms with Crippen LogP contribution in [-0.2, 0) is 11.2 Å². The van der Waals surface area contributed by atoms with E-state index >= 15 is 0 Å². The fraction of sp³-hybridized carbons (Fsp3) is 0.0667. The maximum absolute atomic E-state index is 11.7. The Balaban J connectivity index is 1.63. The number of benzene rings is 1. The number of furan rings is 1. The van der Waals surface area contributed by atoms with Crippen molar-refractivity contribution in [3.05, 3.63) is 56.2 Å². The summed E-state index contributed by atoms with van der Waals surface area (Å²) < 4.78 is 5.56. The van der Waals surface area contributed by atoms with Gasteiger partial charge >= 0.3 is 0 Å². The normalized spacial score (nSPS) is 11.0. The summed E-state index contributed by atoms with van der Waals surface area (Å²) >= 11 is 7.19. The zero-order chi connectivity index (χ0) is 19.4. The highest BCUT2D eigenvalue weighted by Gasteiger charge is 2.13. The number of nitrogens with two attached hydrogens (primary N) is 1. The van der Waals surface area contributed by atoms with E-state index in [2.05, 4.69) is 20.7 Å². The molecule has 2 aromatic heterocycles. The summed E-state index contributed by atoms with van der Waals surface area (Å²) in [5.74, 6) is 0.388. The predicted molar refractivity (Wildman–Crippen MR) is 99.6 cm³/mol. The number of hydrogen-bond acceptors (Lipinski definition) is 9. The average molecular weight is 407 g/mol. The molecule has 0 aliphatic heterocycles. The molecule has 3 rings (SSSR count). The molecule has 3 N–H and O–H groups in total. The van der Waals surface area contributed by atoms with Crippen LogP contribution in [0.1, 0.15) is 10.8 Å². The second-order valence-electron chi connectivity index (χ2n) is 5.13. The Labute approximate surface area is 160 Å². The van der Waals surface area contributed by atoms with Crippen molar-refractivity contribution in [2.45, 2.75) is 6.42 Å². The molecule has 138 valence electrons. The van der Waals surface area contributed by atoms with Gasteiger partial charge in [0, 0.05) is 17.7 Å². The number of carbonyl (C=O) groups is 1. The van der Waals surface area contributed by atoms with E-state index in [-0.39, 0.29) is 28.2 Å². The van der Waals surface area contributed by atoms with Gasteiger partial charge in [0.1, 0.15) is 16.5 Å². The Morgan fingerprint density at radius 3 is 2.89 bits per heavy atom. The molecule has 12 heteroatoms. The number of amides is 1. The molecule has 3 aromatic rings. The smallest absolute Gasteiger partial charge is 0.270 e. The lowest BCUT2D eigenvalue weighted by atomic mass is 10.1. The Kier molecular flexibility index (Phi) is 5.43. The number of aromatic nitrogens is 2. The van der Waals surface area contributed by atoms with Crippen molar-refractivity contribution in [2.75, 3.05) is 5.73 Å². The molecule has 1 aromatic carbocycles. The van der Waals surface area contributed by atoms with Crippen molar-refractivity contribution in [1.82, 2.24) is 15.6 Å². The van der Waals surface area contributed by atoms with E-state index in [4.69, 9.17) is 21.8 Å². The van der Waals surface area contributed by atoms with Crippen LogP contribution < -0.4 is 11.2 Å². The second-order valence-corrected chi connectivity index (χ2v) is 6.63. The molecule has 2 heterocycles. The van der Waals surface area contributed by atoms with Crippen LogP contribution in [0.4, 0.5) is 10.8 Å². The van der Waals surface area contributed by atoms with Gasteiger partial charge in [-0.1, -0.05) is 22.9 Å². The number of anilines is 1. The number of nitrogen functional groups attached to an aromatic ring is 1. The zero-order valence-corrected chi connectivity index (χ0v) is 15.0. The Morgan fingerprint density at radius 1 is 1.41 bits per heavy atom. The molecule has 0 unspecified atom stereocenters. The summed E-state index contributed by atoms with van der Waals surface area (Å²) in [5.41, 5.74) is 8.17. The summed E-state index contributed by atoms with van der Waals surface area (Å²) in [6.07, 6.45) is 1.32. The number of non-ortho nitro benzene ring substituents is 1. The fourth-order valence-electron chi connectivity index (χ4n) is 2.07. The summed E-state index contributed by atoms with van der Waals surface area (Å²) in [5, 5.41) is 22.9. The maximum atomic E-state index is 11.7. The third kappa shape index (κ3) is 4.65. The maximum Gasteiger partial charge on any atom is 0.270 e. The van der Waals surface area contributed by atoms with Crippen LogP contribution in [0.3, 0.4) is 0 Å². The number of hydrazone groups is 1. The molecule has 0 aliphatic carbocycles. The summed E-state index contributed by atoms with van der Waals surface area (Å²) in [6, 6.07) is 7.33. The van der Waals surface area contributed by atoms with Crippen molar-refractivity contribution in [3.63, 3.8) is 0 Å². The number of nitro groups is 1. The van der Waals surface area contributed by atoms with E-state index < -0.39 is 4.92 Å². The van der Waals surface area contributed by atoms with Gasteiger partial charge in [0.05, 0.1) is 22.6 Å². The molecule has 1 amide bonds. The molecule has 0 fully saturated rings. The van der Waals surface area contributed by atoms with Gasteiger partial charge in [0.15, 0.2) is 0 Å². The second kappa shape index (κ2) is 7.93. The number of carbonyl (C=O) groups excluding carboxylic acids is 1. The monoisotopic (exact) mass is 406 g/mol. The molecule has 27 heavy (non-hydrogen) atoms. The van der Waals surface area contributed by atoms with E-state index in [9.17, 15) is 14.9 Å². The van der Waals surface area contributed by atoms with E-state index in [1.54, 1.807) is 12.1 Å². The van der Waals surface area contributed by atoms with Gasteiger partial charge in [-0.2, -0.15) is 5.10 Å². The van der Waals surface area contributed by atoms with Crippen LogP contribution in [0.15, 0.2) is 39.9 Å². The van der Waals surface area contributed by atoms with E-state index in [1.807, 2.05) is 0 Å². The Morgan fingerprint density at radius 2 is 2.22 bits per heavy atom. The van der Waals surface area contributed by atoms with Gasteiger partial charge in [-0.3, -0.25) is 14.9 Å². The fourth-order valence-corrected chi connectivity index (χ4v) is 2.94. The SMILES string of the molecule is Nc1nnc(CC(=O)N/N=C/c2ccc(-c3ccc([N+](=O)[O-])cc3Cl)o2)s1. The number of nitrogens with one attached hydrogen (secondary N) is 1. The van der Waals surface area contributed by atoms with Crippen molar-refractivity contribution < 1.29 is 14.1 Å². The first kappa shape index (κ1) is 18.5. The minimum Gasteiger partial charge on any atom is -0.455 e. The van der Waals surface area contributed by atoms with Crippen molar-refractivity contribution >= 4 is 45.9 Å². The summed E-state index contributed by atoms with van der Waals surface area (Å²) in [6.45, 7) is 0. The molecule has 10 nitrogen and oxygen atoms in total. The van der Waals surface area contributed by atoms with Gasteiger partial charge in [-0.05, 0) is 18.2 Å². The molecule has 0 aliphatic rings. The van der Waals surface area contributed by atoms with Gasteiger partial charge < -0.3 is 10.2 Å². The number of halogens is 1. The highest BCUT2D eigenvalue weighted by Crippen LogP contribution is 2.32. The highest BCUT2D eigenvalue weighted by atomic mass is 35.5. The first-order valence-corrected chi connectivity index (χ1v) is 8.56. The molecule has 0 bridgehead atoms. The van der Waals surface area contributed by atoms with Crippen LogP contribution in [0.25, 0.3) is 11.3 Å². The van der Waals surface area contributed by atoms with E-state index in [0.29, 0.717) is 22.1 Å². The van der Waals surface area contributed by atoms with Crippen molar-refractivity contribution in [3.8, 4) is 11.3 Å². The zero-order valence-electron chi connectivity index (χ0n) is 13.5. The molecule has 0 saturated carbocycles. The molecule has 0 radical (unpaired) electrons. The third-order valence-electron chi connectivity index (χ3n) is 3.23. The number of nitro benzene ring substituents is 1. The van der Waals surface area contributed by atoms with Gasteiger partial charge in [-0.15, -0.1) is 10.2 Å². The van der Waals surface area contributed by atoms with Gasteiger partial charge in [0.25, 0.3) is 5.69 Å². The lowest BCUT2D eigenvalue weighted by Gasteiger charge is -2.00. The lowest BCUT2D eigenvalue weighted by molar-refractivity contribution is -0.384. The summed E-state index contributed by atoms with van der Waals surface area (Å²) in [7, 11) is 0. The Bertz CT molecular complexity index is 1030. The standard InChI is InChI=1S/C15H11ClN6O4S/c16-11-5-8(22(24)25)1-3-10(11)12-4-2-9(26-12)7-18-19-13(23)6-14-20-21-15(17)27-14/h1-5,7H,6H2,(H2,17,21)(H,19,23)/b18-7+. The predicted octanol–water partition coefficient (Wildman–Crippen LogP) is 2.63. The number of nitrogens with zero attached hydrogens (tertiary/aromatic N) is 4.